The van der Waals surface area contributed by atoms with E-state index in [0.29, 0.717) is 17.1 Å². The molecule has 2 aromatic heterocycles. The normalized spacial score (nSPS) is 10.5. The summed E-state index contributed by atoms with van der Waals surface area (Å²) in [6, 6.07) is 20.8. The van der Waals surface area contributed by atoms with Crippen LogP contribution >= 0.6 is 0 Å². The number of aromatic nitrogens is 2. The Labute approximate surface area is 168 Å². The number of amides is 1. The third kappa shape index (κ3) is 4.16. The quantitative estimate of drug-likeness (QED) is 0.525. The van der Waals surface area contributed by atoms with Crippen molar-refractivity contribution in [2.45, 2.75) is 6.42 Å². The molecule has 6 heteroatoms. The van der Waals surface area contributed by atoms with Crippen LogP contribution in [0.2, 0.25) is 0 Å². The van der Waals surface area contributed by atoms with E-state index in [1.54, 1.807) is 19.5 Å². The third-order valence-corrected chi connectivity index (χ3v) is 4.48. The lowest BCUT2D eigenvalue weighted by Crippen LogP contribution is -2.14. The average Bonchev–Trinajstić information content (AvgIpc) is 3.18. The lowest BCUT2D eigenvalue weighted by atomic mass is 10.0. The van der Waals surface area contributed by atoms with Gasteiger partial charge in [0.1, 0.15) is 11.4 Å². The van der Waals surface area contributed by atoms with Gasteiger partial charge in [0.05, 0.1) is 19.1 Å². The number of carbonyl (C=O) groups excluding carboxylic acids is 1. The van der Waals surface area contributed by atoms with Gasteiger partial charge in [-0.3, -0.25) is 15.1 Å². The fraction of sp³-hybridized carbons (Fsp3) is 0.0870. The summed E-state index contributed by atoms with van der Waals surface area (Å²) in [5.41, 5.74) is 3.96. The Bertz CT molecular complexity index is 1090. The number of nitrogens with zero attached hydrogens (tertiary/aromatic N) is 2. The van der Waals surface area contributed by atoms with Crippen molar-refractivity contribution in [1.82, 2.24) is 10.1 Å². The predicted octanol–water partition coefficient (Wildman–Crippen LogP) is 4.59. The summed E-state index contributed by atoms with van der Waals surface area (Å²) in [6.07, 6.45) is 3.63. The average molecular weight is 385 g/mol. The molecule has 6 nitrogen and oxygen atoms in total. The Balaban J connectivity index is 1.68. The number of ether oxygens (including phenoxy) is 1. The van der Waals surface area contributed by atoms with Gasteiger partial charge in [0.25, 0.3) is 0 Å². The summed E-state index contributed by atoms with van der Waals surface area (Å²) in [6.45, 7) is 0. The number of nitrogens with one attached hydrogen (secondary N) is 1. The molecule has 2 aromatic carbocycles. The number of pyridine rings is 1. The third-order valence-electron chi connectivity index (χ3n) is 4.48. The minimum Gasteiger partial charge on any atom is -0.497 e. The molecule has 0 saturated carbocycles. The second kappa shape index (κ2) is 8.39. The summed E-state index contributed by atoms with van der Waals surface area (Å²) >= 11 is 0. The highest BCUT2D eigenvalue weighted by Gasteiger charge is 2.21. The van der Waals surface area contributed by atoms with Crippen molar-refractivity contribution < 1.29 is 14.1 Å². The largest absolute Gasteiger partial charge is 0.497 e. The van der Waals surface area contributed by atoms with Gasteiger partial charge >= 0.3 is 0 Å². The molecular weight excluding hydrogens is 366 g/mol. The first-order valence-electron chi connectivity index (χ1n) is 9.13. The van der Waals surface area contributed by atoms with Crippen LogP contribution in [-0.2, 0) is 11.2 Å². The first-order valence-corrected chi connectivity index (χ1v) is 9.13. The molecule has 0 saturated heterocycles. The molecule has 4 aromatic rings. The minimum atomic E-state index is -0.177. The van der Waals surface area contributed by atoms with Crippen LogP contribution < -0.4 is 10.1 Å². The molecule has 144 valence electrons. The van der Waals surface area contributed by atoms with Crippen molar-refractivity contribution in [3.63, 3.8) is 0 Å². The number of hydrogen-bond acceptors (Lipinski definition) is 5. The summed E-state index contributed by atoms with van der Waals surface area (Å²) < 4.78 is 10.8. The summed E-state index contributed by atoms with van der Waals surface area (Å²) in [5.74, 6) is 0.881. The zero-order valence-corrected chi connectivity index (χ0v) is 15.8. The first-order chi connectivity index (χ1) is 14.2. The molecule has 0 aliphatic heterocycles. The fourth-order valence-electron chi connectivity index (χ4n) is 3.06. The highest BCUT2D eigenvalue weighted by Crippen LogP contribution is 2.38. The van der Waals surface area contributed by atoms with Crippen LogP contribution in [0.3, 0.4) is 0 Å². The van der Waals surface area contributed by atoms with E-state index in [1.165, 1.54) is 0 Å². The van der Waals surface area contributed by atoms with Crippen LogP contribution in [0.25, 0.3) is 22.4 Å². The van der Waals surface area contributed by atoms with Crippen LogP contribution in [-0.4, -0.2) is 23.2 Å². The van der Waals surface area contributed by atoms with E-state index in [1.807, 2.05) is 66.7 Å². The zero-order chi connectivity index (χ0) is 20.1. The van der Waals surface area contributed by atoms with Gasteiger partial charge in [-0.05, 0) is 47.5 Å². The molecule has 1 N–H and O–H groups in total. The maximum atomic E-state index is 12.6. The number of anilines is 1. The van der Waals surface area contributed by atoms with Crippen molar-refractivity contribution >= 4 is 11.8 Å². The number of benzene rings is 2. The monoisotopic (exact) mass is 385 g/mol. The van der Waals surface area contributed by atoms with Crippen LogP contribution in [0.1, 0.15) is 5.56 Å². The summed E-state index contributed by atoms with van der Waals surface area (Å²) in [5, 5.41) is 7.08. The predicted molar refractivity (Wildman–Crippen MR) is 110 cm³/mol. The molecule has 2 heterocycles. The van der Waals surface area contributed by atoms with E-state index >= 15 is 0 Å². The van der Waals surface area contributed by atoms with Gasteiger partial charge in [-0.15, -0.1) is 0 Å². The number of hydrogen-bond donors (Lipinski definition) is 1. The number of rotatable bonds is 6. The van der Waals surface area contributed by atoms with Gasteiger partial charge < -0.3 is 9.26 Å². The summed E-state index contributed by atoms with van der Waals surface area (Å²) in [4.78, 5) is 16.6. The van der Waals surface area contributed by atoms with Crippen molar-refractivity contribution in [2.24, 2.45) is 0 Å². The van der Waals surface area contributed by atoms with Crippen molar-refractivity contribution in [3.05, 3.63) is 84.7 Å². The zero-order valence-electron chi connectivity index (χ0n) is 15.8. The summed E-state index contributed by atoms with van der Waals surface area (Å²) in [7, 11) is 1.62. The van der Waals surface area contributed by atoms with Crippen LogP contribution in [0.4, 0.5) is 5.88 Å². The maximum Gasteiger partial charge on any atom is 0.239 e. The van der Waals surface area contributed by atoms with Crippen molar-refractivity contribution in [1.29, 1.82) is 0 Å². The van der Waals surface area contributed by atoms with Crippen molar-refractivity contribution in [2.75, 3.05) is 12.4 Å². The van der Waals surface area contributed by atoms with E-state index in [4.69, 9.17) is 9.26 Å². The molecule has 4 rings (SSSR count). The van der Waals surface area contributed by atoms with Gasteiger partial charge in [0.15, 0.2) is 0 Å². The molecule has 0 aliphatic rings. The van der Waals surface area contributed by atoms with E-state index in [-0.39, 0.29) is 12.3 Å². The Morgan fingerprint density at radius 3 is 2.38 bits per heavy atom. The van der Waals surface area contributed by atoms with Gasteiger partial charge in [-0.2, -0.15) is 0 Å². The molecule has 0 bridgehead atoms. The molecule has 0 unspecified atom stereocenters. The Morgan fingerprint density at radius 1 is 0.966 bits per heavy atom. The topological polar surface area (TPSA) is 77.3 Å². The lowest BCUT2D eigenvalue weighted by molar-refractivity contribution is -0.115. The van der Waals surface area contributed by atoms with E-state index < -0.39 is 0 Å². The second-order valence-electron chi connectivity index (χ2n) is 6.41. The van der Waals surface area contributed by atoms with Gasteiger partial charge in [0.2, 0.25) is 11.8 Å². The van der Waals surface area contributed by atoms with E-state index in [0.717, 1.165) is 22.4 Å². The number of carbonyl (C=O) groups is 1. The molecule has 29 heavy (non-hydrogen) atoms. The fourth-order valence-corrected chi connectivity index (χ4v) is 3.06. The molecule has 0 aliphatic carbocycles. The van der Waals surface area contributed by atoms with Gasteiger partial charge in [-0.25, -0.2) is 0 Å². The highest BCUT2D eigenvalue weighted by molar-refractivity contribution is 5.97. The second-order valence-corrected chi connectivity index (χ2v) is 6.41. The maximum absolute atomic E-state index is 12.6. The van der Waals surface area contributed by atoms with Crippen LogP contribution in [0, 0.1) is 0 Å². The first kappa shape index (κ1) is 18.4. The molecule has 0 atom stereocenters. The lowest BCUT2D eigenvalue weighted by Gasteiger charge is -2.07. The van der Waals surface area contributed by atoms with Crippen LogP contribution in [0.5, 0.6) is 5.75 Å². The standard InChI is InChI=1S/C23H19N3O3/c1-28-19-9-7-18(8-10-19)22-21(17-11-13-24-14-12-17)23(29-26-22)25-20(27)15-16-5-3-2-4-6-16/h2-14H,15H2,1H3,(H,25,27). The SMILES string of the molecule is COc1ccc(-c2noc(NC(=O)Cc3ccccc3)c2-c2ccncc2)cc1. The molecule has 0 spiro atoms. The molecule has 0 radical (unpaired) electrons. The molecular formula is C23H19N3O3. The van der Waals surface area contributed by atoms with E-state index in [2.05, 4.69) is 15.5 Å². The van der Waals surface area contributed by atoms with Gasteiger partial charge in [-0.1, -0.05) is 35.5 Å². The molecule has 1 amide bonds. The Kier molecular flexibility index (Phi) is 5.33. The van der Waals surface area contributed by atoms with Crippen molar-refractivity contribution in [3.8, 4) is 28.1 Å². The van der Waals surface area contributed by atoms with E-state index in [9.17, 15) is 4.79 Å². The smallest absolute Gasteiger partial charge is 0.239 e. The molecule has 0 fully saturated rings. The Morgan fingerprint density at radius 2 is 1.69 bits per heavy atom. The van der Waals surface area contributed by atoms with Crippen LogP contribution in [0.15, 0.2) is 83.6 Å². The minimum absolute atomic E-state index is 0.177. The number of methoxy groups -OCH3 is 1. The van der Waals surface area contributed by atoms with Gasteiger partial charge in [0, 0.05) is 18.0 Å². The Hall–Kier alpha value is -3.93. The highest BCUT2D eigenvalue weighted by atomic mass is 16.5.